The number of carboxylic acid groups (broad SMARTS) is 1. The molecule has 4 nitrogen and oxygen atoms in total. The van der Waals surface area contributed by atoms with Crippen molar-refractivity contribution < 1.29 is 9.90 Å². The normalized spacial score (nSPS) is 10.8. The lowest BCUT2D eigenvalue weighted by Gasteiger charge is -2.11. The van der Waals surface area contributed by atoms with Gasteiger partial charge in [0.25, 0.3) is 0 Å². The summed E-state index contributed by atoms with van der Waals surface area (Å²) in [6, 6.07) is 7.35. The molecule has 2 aromatic rings. The Balaban J connectivity index is 2.44. The molecule has 1 aromatic carbocycles. The molecule has 0 amide bonds. The van der Waals surface area contributed by atoms with Gasteiger partial charge in [0.05, 0.1) is 6.54 Å². The largest absolute Gasteiger partial charge is 0.476 e. The van der Waals surface area contributed by atoms with Crippen LogP contribution in [0.15, 0.2) is 24.3 Å². The first-order valence-electron chi connectivity index (χ1n) is 6.76. The number of aryl methyl sites for hydroxylation is 1. The van der Waals surface area contributed by atoms with Gasteiger partial charge in [-0.15, -0.1) is 0 Å². The van der Waals surface area contributed by atoms with Gasteiger partial charge in [-0.3, -0.25) is 0 Å². The maximum absolute atomic E-state index is 11.4. The molecule has 0 aliphatic rings. The molecule has 1 heterocycles. The average molecular weight is 327 g/mol. The van der Waals surface area contributed by atoms with Crippen LogP contribution in [0.1, 0.15) is 41.6 Å². The van der Waals surface area contributed by atoms with Crippen LogP contribution in [-0.4, -0.2) is 20.6 Å². The number of carbonyl (C=O) groups is 1. The summed E-state index contributed by atoms with van der Waals surface area (Å²) in [7, 11) is 0. The Morgan fingerprint density at radius 2 is 2.05 bits per heavy atom. The first kappa shape index (κ1) is 15.9. The minimum atomic E-state index is -1.08. The van der Waals surface area contributed by atoms with Gasteiger partial charge < -0.3 is 9.67 Å². The molecule has 2 rings (SSSR count). The number of benzene rings is 1. The predicted octanol–water partition coefficient (Wildman–Crippen LogP) is 4.28. The Bertz CT molecular complexity index is 653. The molecule has 0 aliphatic carbocycles. The van der Waals surface area contributed by atoms with Crippen molar-refractivity contribution in [1.29, 1.82) is 0 Å². The van der Waals surface area contributed by atoms with E-state index in [1.54, 1.807) is 10.6 Å². The van der Waals surface area contributed by atoms with Crippen molar-refractivity contribution in [2.75, 3.05) is 0 Å². The molecular formula is C15H16Cl2N2O2. The van der Waals surface area contributed by atoms with Crippen LogP contribution < -0.4 is 0 Å². The van der Waals surface area contributed by atoms with Crippen LogP contribution in [0.25, 0.3) is 0 Å². The second-order valence-electron chi connectivity index (χ2n) is 4.75. The molecule has 0 saturated heterocycles. The van der Waals surface area contributed by atoms with Crippen LogP contribution in [-0.2, 0) is 13.0 Å². The second-order valence-corrected chi connectivity index (χ2v) is 5.52. The fraction of sp³-hybridized carbons (Fsp3) is 0.333. The quantitative estimate of drug-likeness (QED) is 0.861. The number of nitrogens with zero attached hydrogens (tertiary/aromatic N) is 2. The Kier molecular flexibility index (Phi) is 5.26. The van der Waals surface area contributed by atoms with E-state index in [2.05, 4.69) is 11.9 Å². The summed E-state index contributed by atoms with van der Waals surface area (Å²) >= 11 is 12.1. The molecule has 6 heteroatoms. The molecule has 1 aromatic heterocycles. The third-order valence-electron chi connectivity index (χ3n) is 3.25. The summed E-state index contributed by atoms with van der Waals surface area (Å²) in [4.78, 5) is 15.6. The van der Waals surface area contributed by atoms with E-state index in [1.165, 1.54) is 0 Å². The van der Waals surface area contributed by atoms with E-state index in [4.69, 9.17) is 23.2 Å². The molecule has 0 saturated carbocycles. The second kappa shape index (κ2) is 6.96. The van der Waals surface area contributed by atoms with Gasteiger partial charge in [-0.25, -0.2) is 9.78 Å². The van der Waals surface area contributed by atoms with Gasteiger partial charge in [0, 0.05) is 11.4 Å². The molecule has 1 N–H and O–H groups in total. The number of aromatic carboxylic acids is 1. The summed E-state index contributed by atoms with van der Waals surface area (Å²) in [5, 5.41) is 9.98. The Hall–Kier alpha value is -1.52. The molecule has 0 unspecified atom stereocenters. The number of hydrogen-bond donors (Lipinski definition) is 1. The van der Waals surface area contributed by atoms with Gasteiger partial charge in [-0.2, -0.15) is 0 Å². The van der Waals surface area contributed by atoms with Gasteiger partial charge in [0.1, 0.15) is 5.82 Å². The molecule has 0 fully saturated rings. The van der Waals surface area contributed by atoms with Crippen LogP contribution in [0.5, 0.6) is 0 Å². The van der Waals surface area contributed by atoms with Gasteiger partial charge in [0.15, 0.2) is 10.8 Å². The molecule has 0 aliphatic heterocycles. The fourth-order valence-electron chi connectivity index (χ4n) is 2.16. The van der Waals surface area contributed by atoms with Crippen LogP contribution in [0.3, 0.4) is 0 Å². The maximum Gasteiger partial charge on any atom is 0.355 e. The monoisotopic (exact) mass is 326 g/mol. The first-order valence-corrected chi connectivity index (χ1v) is 7.51. The molecular weight excluding hydrogens is 311 g/mol. The van der Waals surface area contributed by atoms with Gasteiger partial charge >= 0.3 is 5.97 Å². The highest BCUT2D eigenvalue weighted by Crippen LogP contribution is 2.23. The van der Waals surface area contributed by atoms with Gasteiger partial charge in [-0.05, 0) is 18.1 Å². The highest BCUT2D eigenvalue weighted by Gasteiger charge is 2.21. The highest BCUT2D eigenvalue weighted by molar-refractivity contribution is 6.32. The number of unbranched alkanes of at least 4 members (excludes halogenated alkanes) is 1. The van der Waals surface area contributed by atoms with Crippen LogP contribution in [0, 0.1) is 0 Å². The third kappa shape index (κ3) is 3.57. The van der Waals surface area contributed by atoms with E-state index in [-0.39, 0.29) is 10.8 Å². The zero-order chi connectivity index (χ0) is 15.4. The molecule has 0 atom stereocenters. The minimum absolute atomic E-state index is 0.0164. The van der Waals surface area contributed by atoms with E-state index in [9.17, 15) is 9.90 Å². The molecule has 21 heavy (non-hydrogen) atoms. The predicted molar refractivity (Wildman–Crippen MR) is 83.4 cm³/mol. The topological polar surface area (TPSA) is 55.1 Å². The first-order chi connectivity index (χ1) is 10.0. The van der Waals surface area contributed by atoms with Crippen molar-refractivity contribution in [3.05, 3.63) is 51.5 Å². The summed E-state index contributed by atoms with van der Waals surface area (Å²) in [6.07, 6.45) is 2.61. The number of rotatable bonds is 6. The van der Waals surface area contributed by atoms with Gasteiger partial charge in [0.2, 0.25) is 0 Å². The summed E-state index contributed by atoms with van der Waals surface area (Å²) in [5.74, 6) is -0.401. The molecule has 0 spiro atoms. The van der Waals surface area contributed by atoms with E-state index in [0.717, 1.165) is 18.4 Å². The van der Waals surface area contributed by atoms with Crippen LogP contribution in [0.4, 0.5) is 0 Å². The number of hydrogen-bond acceptors (Lipinski definition) is 2. The lowest BCUT2D eigenvalue weighted by atomic mass is 10.2. The smallest absolute Gasteiger partial charge is 0.355 e. The third-order valence-corrected chi connectivity index (χ3v) is 3.88. The molecule has 0 radical (unpaired) electrons. The summed E-state index contributed by atoms with van der Waals surface area (Å²) in [6.45, 7) is 2.42. The van der Waals surface area contributed by atoms with E-state index in [0.29, 0.717) is 23.8 Å². The number of imidazole rings is 1. The lowest BCUT2D eigenvalue weighted by molar-refractivity contribution is 0.0685. The molecule has 0 bridgehead atoms. The van der Waals surface area contributed by atoms with E-state index in [1.807, 2.05) is 18.2 Å². The van der Waals surface area contributed by atoms with Crippen molar-refractivity contribution in [3.63, 3.8) is 0 Å². The lowest BCUT2D eigenvalue weighted by Crippen LogP contribution is -2.13. The van der Waals surface area contributed by atoms with Crippen LogP contribution >= 0.6 is 23.2 Å². The summed E-state index contributed by atoms with van der Waals surface area (Å²) in [5.41, 5.74) is 0.858. The van der Waals surface area contributed by atoms with Gasteiger partial charge in [-0.1, -0.05) is 54.7 Å². The average Bonchev–Trinajstić information content (AvgIpc) is 2.75. The van der Waals surface area contributed by atoms with E-state index >= 15 is 0 Å². The number of halogens is 2. The Morgan fingerprint density at radius 1 is 1.33 bits per heavy atom. The highest BCUT2D eigenvalue weighted by atomic mass is 35.5. The standard InChI is InChI=1S/C15H16Cl2N2O2/c1-2-3-8-12-18-14(17)13(15(20)21)19(12)9-10-6-4-5-7-11(10)16/h4-7H,2-3,8-9H2,1H3,(H,20,21). The number of aromatic nitrogens is 2. The van der Waals surface area contributed by atoms with E-state index < -0.39 is 5.97 Å². The van der Waals surface area contributed by atoms with Crippen molar-refractivity contribution in [2.24, 2.45) is 0 Å². The zero-order valence-corrected chi connectivity index (χ0v) is 13.2. The maximum atomic E-state index is 11.4. The van der Waals surface area contributed by atoms with Crippen molar-refractivity contribution >= 4 is 29.2 Å². The summed E-state index contributed by atoms with van der Waals surface area (Å²) < 4.78 is 1.64. The Labute approximate surface area is 133 Å². The minimum Gasteiger partial charge on any atom is -0.476 e. The number of carboxylic acids is 1. The Morgan fingerprint density at radius 3 is 2.67 bits per heavy atom. The van der Waals surface area contributed by atoms with Crippen molar-refractivity contribution in [1.82, 2.24) is 9.55 Å². The fourth-order valence-corrected chi connectivity index (χ4v) is 2.64. The zero-order valence-electron chi connectivity index (χ0n) is 11.6. The SMILES string of the molecule is CCCCc1nc(Cl)c(C(=O)O)n1Cc1ccccc1Cl. The van der Waals surface area contributed by atoms with Crippen molar-refractivity contribution in [2.45, 2.75) is 32.7 Å². The van der Waals surface area contributed by atoms with Crippen LogP contribution in [0.2, 0.25) is 10.2 Å². The van der Waals surface area contributed by atoms with Crippen molar-refractivity contribution in [3.8, 4) is 0 Å². The molecule has 112 valence electrons.